The molecule has 0 radical (unpaired) electrons. The molecule has 1 aliphatic rings. The Morgan fingerprint density at radius 3 is 2.74 bits per heavy atom. The minimum absolute atomic E-state index is 0. The molecule has 106 valence electrons. The van der Waals surface area contributed by atoms with Gasteiger partial charge in [-0.05, 0) is 31.4 Å². The number of carbonyl (C=O) groups is 1. The Kier molecular flexibility index (Phi) is 5.26. The lowest BCUT2D eigenvalue weighted by Crippen LogP contribution is -2.40. The van der Waals surface area contributed by atoms with Crippen molar-refractivity contribution in [3.05, 3.63) is 34.9 Å². The van der Waals surface area contributed by atoms with Gasteiger partial charge in [0.25, 0.3) is 5.91 Å². The van der Waals surface area contributed by atoms with E-state index < -0.39 is 17.5 Å². The van der Waals surface area contributed by atoms with Crippen molar-refractivity contribution in [3.63, 3.8) is 0 Å². The van der Waals surface area contributed by atoms with E-state index in [9.17, 15) is 13.6 Å². The average molecular weight is 291 g/mol. The van der Waals surface area contributed by atoms with Gasteiger partial charge in [0.15, 0.2) is 0 Å². The topological polar surface area (TPSA) is 46.3 Å². The summed E-state index contributed by atoms with van der Waals surface area (Å²) >= 11 is 0. The standard InChI is InChI=1S/C13H16F2N2O.ClH/c1-8-5-10(12(15)6-11(8)14)13(18)17-4-2-3-9(17)7-16;/h5-6,9H,2-4,7,16H2,1H3;1H. The van der Waals surface area contributed by atoms with Crippen molar-refractivity contribution in [2.75, 3.05) is 13.1 Å². The van der Waals surface area contributed by atoms with Gasteiger partial charge in [-0.25, -0.2) is 8.78 Å². The summed E-state index contributed by atoms with van der Waals surface area (Å²) in [6.45, 7) is 2.46. The van der Waals surface area contributed by atoms with Crippen LogP contribution < -0.4 is 5.73 Å². The molecule has 1 aromatic rings. The molecule has 1 aliphatic heterocycles. The monoisotopic (exact) mass is 290 g/mol. The predicted octanol–water partition coefficient (Wildman–Crippen LogP) is 2.26. The van der Waals surface area contributed by atoms with Gasteiger partial charge < -0.3 is 10.6 Å². The largest absolute Gasteiger partial charge is 0.334 e. The number of likely N-dealkylation sites (tertiary alicyclic amines) is 1. The molecule has 0 aromatic heterocycles. The third-order valence-corrected chi connectivity index (χ3v) is 3.39. The molecule has 0 saturated carbocycles. The summed E-state index contributed by atoms with van der Waals surface area (Å²) < 4.78 is 26.8. The van der Waals surface area contributed by atoms with E-state index in [0.29, 0.717) is 13.1 Å². The van der Waals surface area contributed by atoms with Crippen molar-refractivity contribution in [2.45, 2.75) is 25.8 Å². The van der Waals surface area contributed by atoms with Gasteiger partial charge in [-0.2, -0.15) is 0 Å². The van der Waals surface area contributed by atoms with Crippen molar-refractivity contribution in [3.8, 4) is 0 Å². The molecule has 1 fully saturated rings. The number of aryl methyl sites for hydroxylation is 1. The van der Waals surface area contributed by atoms with Gasteiger partial charge in [0.05, 0.1) is 5.56 Å². The number of hydrogen-bond donors (Lipinski definition) is 1. The Hall–Kier alpha value is -1.20. The van der Waals surface area contributed by atoms with Gasteiger partial charge in [-0.3, -0.25) is 4.79 Å². The number of amides is 1. The fourth-order valence-corrected chi connectivity index (χ4v) is 2.32. The van der Waals surface area contributed by atoms with Crippen LogP contribution in [0.5, 0.6) is 0 Å². The van der Waals surface area contributed by atoms with Crippen LogP contribution in [0.15, 0.2) is 12.1 Å². The van der Waals surface area contributed by atoms with Crippen molar-refractivity contribution in [1.82, 2.24) is 4.90 Å². The molecule has 1 atom stereocenters. The highest BCUT2D eigenvalue weighted by Gasteiger charge is 2.30. The van der Waals surface area contributed by atoms with E-state index in [1.807, 2.05) is 0 Å². The van der Waals surface area contributed by atoms with Crippen LogP contribution in [0, 0.1) is 18.6 Å². The minimum Gasteiger partial charge on any atom is -0.334 e. The number of rotatable bonds is 2. The van der Waals surface area contributed by atoms with Crippen molar-refractivity contribution in [1.29, 1.82) is 0 Å². The Balaban J connectivity index is 0.00000180. The van der Waals surface area contributed by atoms with Gasteiger partial charge >= 0.3 is 0 Å². The number of nitrogens with zero attached hydrogens (tertiary/aromatic N) is 1. The molecule has 2 rings (SSSR count). The highest BCUT2D eigenvalue weighted by atomic mass is 35.5. The Morgan fingerprint density at radius 1 is 1.42 bits per heavy atom. The quantitative estimate of drug-likeness (QED) is 0.908. The summed E-state index contributed by atoms with van der Waals surface area (Å²) in [6, 6.07) is 1.98. The Morgan fingerprint density at radius 2 is 2.11 bits per heavy atom. The first kappa shape index (κ1) is 15.9. The molecule has 19 heavy (non-hydrogen) atoms. The Bertz CT molecular complexity index is 482. The summed E-state index contributed by atoms with van der Waals surface area (Å²) in [7, 11) is 0. The lowest BCUT2D eigenvalue weighted by atomic mass is 10.1. The summed E-state index contributed by atoms with van der Waals surface area (Å²) in [5, 5.41) is 0. The summed E-state index contributed by atoms with van der Waals surface area (Å²) in [4.78, 5) is 13.8. The van der Waals surface area contributed by atoms with Crippen LogP contribution in [0.25, 0.3) is 0 Å². The smallest absolute Gasteiger partial charge is 0.257 e. The second kappa shape index (κ2) is 6.30. The molecule has 0 bridgehead atoms. The summed E-state index contributed by atoms with van der Waals surface area (Å²) in [6.07, 6.45) is 1.71. The van der Waals surface area contributed by atoms with E-state index in [0.717, 1.165) is 18.9 Å². The zero-order chi connectivity index (χ0) is 13.3. The molecule has 1 saturated heterocycles. The molecule has 1 unspecified atom stereocenters. The van der Waals surface area contributed by atoms with Crippen molar-refractivity contribution in [2.24, 2.45) is 5.73 Å². The van der Waals surface area contributed by atoms with E-state index in [2.05, 4.69) is 0 Å². The average Bonchev–Trinajstić information content (AvgIpc) is 2.81. The fourth-order valence-electron chi connectivity index (χ4n) is 2.32. The van der Waals surface area contributed by atoms with Crippen LogP contribution in [0.1, 0.15) is 28.8 Å². The number of hydrogen-bond acceptors (Lipinski definition) is 2. The molecule has 1 aromatic carbocycles. The minimum atomic E-state index is -0.814. The number of nitrogens with two attached hydrogens (primary N) is 1. The molecule has 1 amide bonds. The first-order valence-corrected chi connectivity index (χ1v) is 6.01. The second-order valence-electron chi connectivity index (χ2n) is 4.61. The predicted molar refractivity (Wildman–Crippen MR) is 71.5 cm³/mol. The molecule has 0 aliphatic carbocycles. The highest BCUT2D eigenvalue weighted by Crippen LogP contribution is 2.22. The number of carbonyl (C=O) groups excluding carboxylic acids is 1. The van der Waals surface area contributed by atoms with Crippen LogP contribution in [0.4, 0.5) is 8.78 Å². The first-order valence-electron chi connectivity index (χ1n) is 6.01. The lowest BCUT2D eigenvalue weighted by Gasteiger charge is -2.23. The van der Waals surface area contributed by atoms with Gasteiger partial charge in [-0.15, -0.1) is 12.4 Å². The third-order valence-electron chi connectivity index (χ3n) is 3.39. The van der Waals surface area contributed by atoms with E-state index in [-0.39, 0.29) is 29.6 Å². The van der Waals surface area contributed by atoms with Crippen LogP contribution in [0.2, 0.25) is 0 Å². The van der Waals surface area contributed by atoms with Crippen molar-refractivity contribution < 1.29 is 13.6 Å². The number of benzene rings is 1. The van der Waals surface area contributed by atoms with Crippen LogP contribution in [-0.4, -0.2) is 29.9 Å². The van der Waals surface area contributed by atoms with Gasteiger partial charge in [0.2, 0.25) is 0 Å². The maximum Gasteiger partial charge on any atom is 0.257 e. The third kappa shape index (κ3) is 3.04. The first-order chi connectivity index (χ1) is 8.54. The van der Waals surface area contributed by atoms with Crippen LogP contribution in [-0.2, 0) is 0 Å². The second-order valence-corrected chi connectivity index (χ2v) is 4.61. The number of halogens is 3. The zero-order valence-corrected chi connectivity index (χ0v) is 11.5. The van der Waals surface area contributed by atoms with Gasteiger partial charge in [0, 0.05) is 25.2 Å². The van der Waals surface area contributed by atoms with Gasteiger partial charge in [-0.1, -0.05) is 0 Å². The molecule has 2 N–H and O–H groups in total. The SMILES string of the molecule is Cc1cc(C(=O)N2CCCC2CN)c(F)cc1F.Cl. The lowest BCUT2D eigenvalue weighted by molar-refractivity contribution is 0.0736. The fraction of sp³-hybridized carbons (Fsp3) is 0.462. The van der Waals surface area contributed by atoms with Crippen molar-refractivity contribution >= 4 is 18.3 Å². The molecule has 1 heterocycles. The van der Waals surface area contributed by atoms with Crippen LogP contribution >= 0.6 is 12.4 Å². The molecule has 0 spiro atoms. The normalized spacial score (nSPS) is 18.3. The van der Waals surface area contributed by atoms with Crippen LogP contribution in [0.3, 0.4) is 0 Å². The molecular formula is C13H17ClF2N2O. The van der Waals surface area contributed by atoms with E-state index in [1.54, 1.807) is 4.90 Å². The molecule has 6 heteroatoms. The Labute approximate surface area is 117 Å². The highest BCUT2D eigenvalue weighted by molar-refractivity contribution is 5.95. The zero-order valence-electron chi connectivity index (χ0n) is 10.7. The van der Waals surface area contributed by atoms with E-state index in [4.69, 9.17) is 5.73 Å². The molecular weight excluding hydrogens is 274 g/mol. The summed E-state index contributed by atoms with van der Waals surface area (Å²) in [5.41, 5.74) is 5.78. The summed E-state index contributed by atoms with van der Waals surface area (Å²) in [5.74, 6) is -1.85. The maximum absolute atomic E-state index is 13.6. The molecule has 3 nitrogen and oxygen atoms in total. The van der Waals surface area contributed by atoms with E-state index in [1.165, 1.54) is 13.0 Å². The van der Waals surface area contributed by atoms with Gasteiger partial charge in [0.1, 0.15) is 11.6 Å². The van der Waals surface area contributed by atoms with E-state index >= 15 is 0 Å². The maximum atomic E-state index is 13.6.